The van der Waals surface area contributed by atoms with Crippen molar-refractivity contribution in [3.63, 3.8) is 0 Å². The van der Waals surface area contributed by atoms with Crippen molar-refractivity contribution in [3.8, 4) is 5.75 Å². The van der Waals surface area contributed by atoms with E-state index in [4.69, 9.17) is 4.74 Å². The van der Waals surface area contributed by atoms with E-state index in [1.165, 1.54) is 15.9 Å². The van der Waals surface area contributed by atoms with Crippen LogP contribution in [0.15, 0.2) is 101 Å². The minimum absolute atomic E-state index is 0.0315. The van der Waals surface area contributed by atoms with Crippen LogP contribution in [0.1, 0.15) is 29.5 Å². The number of benzene rings is 4. The van der Waals surface area contributed by atoms with Gasteiger partial charge in [-0.1, -0.05) is 67.2 Å². The predicted molar refractivity (Wildman–Crippen MR) is 125 cm³/mol. The minimum atomic E-state index is -0.284. The van der Waals surface area contributed by atoms with Gasteiger partial charge in [0.2, 0.25) is 0 Å². The third-order valence-corrected chi connectivity index (χ3v) is 6.67. The molecule has 1 unspecified atom stereocenters. The zero-order chi connectivity index (χ0) is 21.2. The van der Waals surface area contributed by atoms with Crippen molar-refractivity contribution >= 4 is 23.1 Å². The third-order valence-electron chi connectivity index (χ3n) is 5.52. The van der Waals surface area contributed by atoms with Gasteiger partial charge in [-0.2, -0.15) is 0 Å². The highest BCUT2D eigenvalue weighted by Gasteiger charge is 2.18. The van der Waals surface area contributed by atoms with Crippen LogP contribution in [0.3, 0.4) is 0 Å². The number of hydrogen-bond donors (Lipinski definition) is 1. The Hall–Kier alpha value is -3.24. The quantitative estimate of drug-likeness (QED) is 0.310. The molecule has 0 amide bonds. The molecule has 0 spiro atoms. The molecule has 0 saturated carbocycles. The summed E-state index contributed by atoms with van der Waals surface area (Å²) in [7, 11) is 0. The molecule has 0 aliphatic carbocycles. The van der Waals surface area contributed by atoms with Gasteiger partial charge in [0.05, 0.1) is 11.4 Å². The zero-order valence-electron chi connectivity index (χ0n) is 17.1. The third kappa shape index (κ3) is 4.30. The molecule has 4 heteroatoms. The molecule has 0 fully saturated rings. The van der Waals surface area contributed by atoms with Gasteiger partial charge in [0.15, 0.2) is 0 Å². The Labute approximate surface area is 186 Å². The summed E-state index contributed by atoms with van der Waals surface area (Å²) in [5, 5.41) is 3.53. The summed E-state index contributed by atoms with van der Waals surface area (Å²) in [6.45, 7) is 2.51. The smallest absolute Gasteiger partial charge is 0.127 e. The Balaban J connectivity index is 1.38. The fraction of sp³-hybridized carbons (Fsp3) is 0.111. The zero-order valence-corrected chi connectivity index (χ0v) is 18.0. The molecule has 0 radical (unpaired) electrons. The Morgan fingerprint density at radius 1 is 0.806 bits per heavy atom. The normalized spacial score (nSPS) is 13.0. The molecule has 154 valence electrons. The number of ether oxygens (including phenoxy) is 1. The number of hydrogen-bond acceptors (Lipinski definition) is 3. The van der Waals surface area contributed by atoms with Gasteiger partial charge in [-0.15, -0.1) is 0 Å². The highest BCUT2D eigenvalue weighted by molar-refractivity contribution is 7.99. The van der Waals surface area contributed by atoms with Gasteiger partial charge in [0.1, 0.15) is 18.2 Å². The van der Waals surface area contributed by atoms with Gasteiger partial charge in [-0.25, -0.2) is 4.39 Å². The van der Waals surface area contributed by atoms with Crippen LogP contribution >= 0.6 is 11.8 Å². The van der Waals surface area contributed by atoms with Gasteiger partial charge in [-0.05, 0) is 53.1 Å². The first-order chi connectivity index (χ1) is 15.2. The molecule has 1 N–H and O–H groups in total. The van der Waals surface area contributed by atoms with Gasteiger partial charge < -0.3 is 10.1 Å². The summed E-state index contributed by atoms with van der Waals surface area (Å²) in [4.78, 5) is 2.42. The van der Waals surface area contributed by atoms with Gasteiger partial charge in [0.25, 0.3) is 0 Å². The molecule has 0 saturated heterocycles. The molecule has 31 heavy (non-hydrogen) atoms. The van der Waals surface area contributed by atoms with Crippen LogP contribution in [0.25, 0.3) is 0 Å². The average Bonchev–Trinajstić information content (AvgIpc) is 2.81. The second-order valence-corrected chi connectivity index (χ2v) is 8.78. The van der Waals surface area contributed by atoms with E-state index >= 15 is 0 Å². The molecule has 1 aliphatic rings. The van der Waals surface area contributed by atoms with E-state index < -0.39 is 0 Å². The van der Waals surface area contributed by atoms with E-state index in [9.17, 15) is 4.39 Å². The van der Waals surface area contributed by atoms with E-state index in [2.05, 4.69) is 48.6 Å². The summed E-state index contributed by atoms with van der Waals surface area (Å²) < 4.78 is 20.2. The molecular formula is C27H22FNOS. The summed E-state index contributed by atoms with van der Waals surface area (Å²) >= 11 is 1.77. The van der Waals surface area contributed by atoms with Crippen molar-refractivity contribution in [1.82, 2.24) is 0 Å². The molecule has 1 aliphatic heterocycles. The monoisotopic (exact) mass is 427 g/mol. The second-order valence-electron chi connectivity index (χ2n) is 7.70. The van der Waals surface area contributed by atoms with E-state index in [1.54, 1.807) is 17.8 Å². The highest BCUT2D eigenvalue weighted by Crippen LogP contribution is 2.45. The van der Waals surface area contributed by atoms with Crippen LogP contribution < -0.4 is 10.1 Å². The largest absolute Gasteiger partial charge is 0.489 e. The molecule has 1 heterocycles. The van der Waals surface area contributed by atoms with Crippen LogP contribution in [0, 0.1) is 5.82 Å². The molecule has 1 atom stereocenters. The summed E-state index contributed by atoms with van der Waals surface area (Å²) in [6, 6.07) is 29.6. The van der Waals surface area contributed by atoms with Crippen LogP contribution in [0.5, 0.6) is 5.75 Å². The number of para-hydroxylation sites is 1. The Bertz CT molecular complexity index is 1230. The number of rotatable bonds is 5. The Kier molecular flexibility index (Phi) is 5.39. The van der Waals surface area contributed by atoms with Crippen molar-refractivity contribution in [2.75, 3.05) is 5.32 Å². The second kappa shape index (κ2) is 8.48. The Morgan fingerprint density at radius 3 is 2.45 bits per heavy atom. The van der Waals surface area contributed by atoms with E-state index in [-0.39, 0.29) is 11.7 Å². The van der Waals surface area contributed by atoms with Crippen LogP contribution in [-0.2, 0) is 6.61 Å². The van der Waals surface area contributed by atoms with Crippen molar-refractivity contribution in [2.24, 2.45) is 0 Å². The lowest BCUT2D eigenvalue weighted by molar-refractivity contribution is 0.304. The van der Waals surface area contributed by atoms with Crippen molar-refractivity contribution in [3.05, 3.63) is 114 Å². The molecule has 0 bridgehead atoms. The van der Waals surface area contributed by atoms with Crippen molar-refractivity contribution in [2.45, 2.75) is 29.2 Å². The fourth-order valence-electron chi connectivity index (χ4n) is 3.78. The molecule has 4 aromatic carbocycles. The molecule has 4 aromatic rings. The molecule has 2 nitrogen and oxygen atoms in total. The summed E-state index contributed by atoms with van der Waals surface area (Å²) in [5.41, 5.74) is 5.29. The lowest BCUT2D eigenvalue weighted by Crippen LogP contribution is -2.03. The van der Waals surface area contributed by atoms with Crippen LogP contribution in [0.4, 0.5) is 15.8 Å². The van der Waals surface area contributed by atoms with Crippen molar-refractivity contribution < 1.29 is 9.13 Å². The summed E-state index contributed by atoms with van der Waals surface area (Å²) in [5.74, 6) is 0.295. The lowest BCUT2D eigenvalue weighted by atomic mass is 9.92. The van der Waals surface area contributed by atoms with Gasteiger partial charge in [-0.3, -0.25) is 0 Å². The maximum Gasteiger partial charge on any atom is 0.127 e. The SMILES string of the molecule is CC(c1cc(F)cc(OCc2ccccc2)c1)c1ccc2c(c1)Nc1ccccc1S2. The van der Waals surface area contributed by atoms with E-state index in [0.29, 0.717) is 12.4 Å². The molecule has 5 rings (SSSR count). The molecule has 0 aromatic heterocycles. The van der Waals surface area contributed by atoms with Gasteiger partial charge >= 0.3 is 0 Å². The first kappa shape index (κ1) is 19.7. The Morgan fingerprint density at radius 2 is 1.58 bits per heavy atom. The number of halogens is 1. The van der Waals surface area contributed by atoms with Crippen LogP contribution in [-0.4, -0.2) is 0 Å². The highest BCUT2D eigenvalue weighted by atomic mass is 32.2. The fourth-order valence-corrected chi connectivity index (χ4v) is 4.75. The topological polar surface area (TPSA) is 21.3 Å². The maximum atomic E-state index is 14.4. The first-order valence-electron chi connectivity index (χ1n) is 10.3. The number of anilines is 2. The molecular weight excluding hydrogens is 405 g/mol. The number of nitrogens with one attached hydrogen (secondary N) is 1. The summed E-state index contributed by atoms with van der Waals surface area (Å²) in [6.07, 6.45) is 0. The number of fused-ring (bicyclic) bond motifs is 2. The van der Waals surface area contributed by atoms with E-state index in [1.807, 2.05) is 42.5 Å². The average molecular weight is 428 g/mol. The minimum Gasteiger partial charge on any atom is -0.489 e. The van der Waals surface area contributed by atoms with Crippen LogP contribution in [0.2, 0.25) is 0 Å². The standard InChI is InChI=1S/C27H22FNOS/c1-18(20-11-12-27-25(15-20)29-24-9-5-6-10-26(24)31-27)21-13-22(28)16-23(14-21)30-17-19-7-3-2-4-8-19/h2-16,18,29H,17H2,1H3. The predicted octanol–water partition coefficient (Wildman–Crippen LogP) is 7.76. The van der Waals surface area contributed by atoms with E-state index in [0.717, 1.165) is 28.1 Å². The lowest BCUT2D eigenvalue weighted by Gasteiger charge is -2.23. The van der Waals surface area contributed by atoms with Gasteiger partial charge in [0, 0.05) is 21.8 Å². The van der Waals surface area contributed by atoms with Crippen molar-refractivity contribution in [1.29, 1.82) is 0 Å². The first-order valence-corrected chi connectivity index (χ1v) is 11.1. The maximum absolute atomic E-state index is 14.4.